The van der Waals surface area contributed by atoms with Gasteiger partial charge in [0, 0.05) is 6.04 Å². The van der Waals surface area contributed by atoms with Crippen LogP contribution in [0.15, 0.2) is 24.3 Å². The van der Waals surface area contributed by atoms with Crippen LogP contribution in [0.5, 0.6) is 11.5 Å². The van der Waals surface area contributed by atoms with Gasteiger partial charge in [-0.2, -0.15) is 0 Å². The minimum atomic E-state index is -0.0564. The van der Waals surface area contributed by atoms with E-state index in [2.05, 4.69) is 26.1 Å². The second-order valence-electron chi connectivity index (χ2n) is 7.40. The number of ether oxygens (including phenoxy) is 2. The quantitative estimate of drug-likeness (QED) is 0.814. The monoisotopic (exact) mass is 333 g/mol. The zero-order chi connectivity index (χ0) is 17.6. The lowest BCUT2D eigenvalue weighted by molar-refractivity contribution is -0.124. The molecule has 0 heterocycles. The van der Waals surface area contributed by atoms with Crippen molar-refractivity contribution in [3.63, 3.8) is 0 Å². The molecule has 4 nitrogen and oxygen atoms in total. The molecule has 0 saturated heterocycles. The van der Waals surface area contributed by atoms with Gasteiger partial charge in [-0.3, -0.25) is 4.79 Å². The van der Waals surface area contributed by atoms with Crippen LogP contribution >= 0.6 is 0 Å². The molecule has 0 aromatic heterocycles. The Hall–Kier alpha value is -1.71. The SMILES string of the molecule is CCC(C)(C)C1CCC(NC(=O)COc2ccccc2OC)CC1. The number of hydrogen-bond acceptors (Lipinski definition) is 3. The number of benzene rings is 1. The number of carbonyl (C=O) groups excluding carboxylic acids is 1. The average Bonchev–Trinajstić information content (AvgIpc) is 2.60. The van der Waals surface area contributed by atoms with Gasteiger partial charge in [-0.15, -0.1) is 0 Å². The molecule has 134 valence electrons. The molecule has 1 saturated carbocycles. The fourth-order valence-electron chi connectivity index (χ4n) is 3.46. The predicted molar refractivity (Wildman–Crippen MR) is 96.4 cm³/mol. The number of rotatable bonds is 7. The van der Waals surface area contributed by atoms with E-state index in [0.29, 0.717) is 16.9 Å². The molecule has 0 atom stereocenters. The van der Waals surface area contributed by atoms with Crippen LogP contribution in [0.3, 0.4) is 0 Å². The van der Waals surface area contributed by atoms with E-state index in [-0.39, 0.29) is 18.6 Å². The van der Waals surface area contributed by atoms with Gasteiger partial charge in [0.1, 0.15) is 0 Å². The van der Waals surface area contributed by atoms with Gasteiger partial charge >= 0.3 is 0 Å². The van der Waals surface area contributed by atoms with Gasteiger partial charge in [0.25, 0.3) is 5.91 Å². The molecule has 1 fully saturated rings. The van der Waals surface area contributed by atoms with Gasteiger partial charge in [-0.05, 0) is 49.1 Å². The number of methoxy groups -OCH3 is 1. The van der Waals surface area contributed by atoms with Crippen molar-refractivity contribution in [2.45, 2.75) is 58.9 Å². The number of nitrogens with one attached hydrogen (secondary N) is 1. The standard InChI is InChI=1S/C20H31NO3/c1-5-20(2,3)15-10-12-16(13-11-15)21-19(22)14-24-18-9-7-6-8-17(18)23-4/h6-9,15-16H,5,10-14H2,1-4H3,(H,21,22). The van der Waals surface area contributed by atoms with E-state index in [9.17, 15) is 4.79 Å². The Labute approximate surface area is 145 Å². The zero-order valence-electron chi connectivity index (χ0n) is 15.4. The summed E-state index contributed by atoms with van der Waals surface area (Å²) in [5, 5.41) is 3.11. The first-order chi connectivity index (χ1) is 11.5. The van der Waals surface area contributed by atoms with E-state index in [1.54, 1.807) is 7.11 Å². The van der Waals surface area contributed by atoms with Crippen LogP contribution in [0, 0.1) is 11.3 Å². The maximum atomic E-state index is 12.1. The molecule has 0 aliphatic heterocycles. The van der Waals surface area contributed by atoms with E-state index in [0.717, 1.165) is 18.8 Å². The zero-order valence-corrected chi connectivity index (χ0v) is 15.4. The van der Waals surface area contributed by atoms with Crippen LogP contribution in [-0.4, -0.2) is 25.7 Å². The Morgan fingerprint density at radius 1 is 1.17 bits per heavy atom. The first kappa shape index (κ1) is 18.6. The number of para-hydroxylation sites is 2. The molecular formula is C20H31NO3. The van der Waals surface area contributed by atoms with Crippen molar-refractivity contribution in [1.29, 1.82) is 0 Å². The summed E-state index contributed by atoms with van der Waals surface area (Å²) in [6.07, 6.45) is 5.72. The highest BCUT2D eigenvalue weighted by molar-refractivity contribution is 5.77. The highest BCUT2D eigenvalue weighted by Crippen LogP contribution is 2.40. The van der Waals surface area contributed by atoms with Crippen molar-refractivity contribution in [2.24, 2.45) is 11.3 Å². The van der Waals surface area contributed by atoms with Crippen molar-refractivity contribution in [3.05, 3.63) is 24.3 Å². The van der Waals surface area contributed by atoms with Gasteiger partial charge in [0.2, 0.25) is 0 Å². The minimum absolute atomic E-state index is 0.0285. The number of amides is 1. The summed E-state index contributed by atoms with van der Waals surface area (Å²) >= 11 is 0. The molecule has 0 bridgehead atoms. The Morgan fingerprint density at radius 2 is 1.79 bits per heavy atom. The van der Waals surface area contributed by atoms with Crippen molar-refractivity contribution < 1.29 is 14.3 Å². The first-order valence-electron chi connectivity index (χ1n) is 9.01. The maximum absolute atomic E-state index is 12.1. The first-order valence-corrected chi connectivity index (χ1v) is 9.01. The summed E-state index contributed by atoms with van der Waals surface area (Å²) in [5.74, 6) is 1.95. The average molecular weight is 333 g/mol. The van der Waals surface area contributed by atoms with Gasteiger partial charge in [-0.1, -0.05) is 39.3 Å². The molecule has 1 aromatic carbocycles. The summed E-state index contributed by atoms with van der Waals surface area (Å²) in [4.78, 5) is 12.1. The topological polar surface area (TPSA) is 47.6 Å². The summed E-state index contributed by atoms with van der Waals surface area (Å²) in [6, 6.07) is 7.66. The smallest absolute Gasteiger partial charge is 0.258 e. The second kappa shape index (κ2) is 8.41. The number of hydrogen-bond donors (Lipinski definition) is 1. The van der Waals surface area contributed by atoms with Crippen LogP contribution in [0.1, 0.15) is 52.9 Å². The third-order valence-corrected chi connectivity index (χ3v) is 5.54. The molecule has 0 unspecified atom stereocenters. The summed E-state index contributed by atoms with van der Waals surface area (Å²) < 4.78 is 10.8. The van der Waals surface area contributed by atoms with E-state index in [1.165, 1.54) is 19.3 Å². The Kier molecular flexibility index (Phi) is 6.52. The van der Waals surface area contributed by atoms with Crippen LogP contribution in [0.25, 0.3) is 0 Å². The maximum Gasteiger partial charge on any atom is 0.258 e. The van der Waals surface area contributed by atoms with Crippen LogP contribution < -0.4 is 14.8 Å². The molecule has 24 heavy (non-hydrogen) atoms. The third-order valence-electron chi connectivity index (χ3n) is 5.54. The van der Waals surface area contributed by atoms with Crippen LogP contribution in [0.4, 0.5) is 0 Å². The molecule has 1 aliphatic rings. The third kappa shape index (κ3) is 4.89. The van der Waals surface area contributed by atoms with E-state index in [1.807, 2.05) is 24.3 Å². The molecule has 1 aliphatic carbocycles. The van der Waals surface area contributed by atoms with E-state index in [4.69, 9.17) is 9.47 Å². The molecule has 4 heteroatoms. The van der Waals surface area contributed by atoms with Crippen LogP contribution in [0.2, 0.25) is 0 Å². The summed E-state index contributed by atoms with van der Waals surface area (Å²) in [5.41, 5.74) is 0.405. The van der Waals surface area contributed by atoms with Crippen molar-refractivity contribution in [3.8, 4) is 11.5 Å². The Bertz CT molecular complexity index is 533. The van der Waals surface area contributed by atoms with Gasteiger partial charge in [0.15, 0.2) is 18.1 Å². The fraction of sp³-hybridized carbons (Fsp3) is 0.650. The van der Waals surface area contributed by atoms with Crippen molar-refractivity contribution in [1.82, 2.24) is 5.32 Å². The lowest BCUT2D eigenvalue weighted by atomic mass is 9.69. The predicted octanol–water partition coefficient (Wildman–Crippen LogP) is 4.19. The van der Waals surface area contributed by atoms with E-state index >= 15 is 0 Å². The molecule has 0 radical (unpaired) electrons. The lowest BCUT2D eigenvalue weighted by Gasteiger charge is -2.39. The van der Waals surface area contributed by atoms with E-state index < -0.39 is 0 Å². The largest absolute Gasteiger partial charge is 0.493 e. The van der Waals surface area contributed by atoms with Crippen molar-refractivity contribution in [2.75, 3.05) is 13.7 Å². The minimum Gasteiger partial charge on any atom is -0.493 e. The number of carbonyl (C=O) groups is 1. The highest BCUT2D eigenvalue weighted by Gasteiger charge is 2.32. The normalized spacial score (nSPS) is 21.2. The van der Waals surface area contributed by atoms with Gasteiger partial charge in [-0.25, -0.2) is 0 Å². The summed E-state index contributed by atoms with van der Waals surface area (Å²) in [6.45, 7) is 7.01. The molecule has 0 spiro atoms. The Balaban J connectivity index is 1.76. The Morgan fingerprint density at radius 3 is 2.38 bits per heavy atom. The molecular weight excluding hydrogens is 302 g/mol. The van der Waals surface area contributed by atoms with Gasteiger partial charge < -0.3 is 14.8 Å². The lowest BCUT2D eigenvalue weighted by Crippen LogP contribution is -2.41. The van der Waals surface area contributed by atoms with Crippen molar-refractivity contribution >= 4 is 5.91 Å². The summed E-state index contributed by atoms with van der Waals surface area (Å²) in [7, 11) is 1.60. The fourth-order valence-corrected chi connectivity index (χ4v) is 3.46. The molecule has 2 rings (SSSR count). The van der Waals surface area contributed by atoms with Gasteiger partial charge in [0.05, 0.1) is 7.11 Å². The highest BCUT2D eigenvalue weighted by atomic mass is 16.5. The molecule has 1 N–H and O–H groups in total. The second-order valence-corrected chi connectivity index (χ2v) is 7.40. The molecule has 1 amide bonds. The molecule has 1 aromatic rings. The van der Waals surface area contributed by atoms with Crippen LogP contribution in [-0.2, 0) is 4.79 Å².